The van der Waals surface area contributed by atoms with Crippen molar-refractivity contribution < 1.29 is 13.5 Å². The maximum absolute atomic E-state index is 13.9. The molecule has 0 aliphatic carbocycles. The van der Waals surface area contributed by atoms with Crippen LogP contribution in [0.4, 0.5) is 8.78 Å². The molecule has 0 radical (unpaired) electrons. The molecule has 0 aromatic heterocycles. The van der Waals surface area contributed by atoms with E-state index in [1.807, 2.05) is 31.2 Å². The van der Waals surface area contributed by atoms with Gasteiger partial charge in [0.05, 0.1) is 7.11 Å². The zero-order valence-corrected chi connectivity index (χ0v) is 12.4. The second-order valence-electron chi connectivity index (χ2n) is 5.08. The number of benzene rings is 2. The summed E-state index contributed by atoms with van der Waals surface area (Å²) in [4.78, 5) is 0. The first kappa shape index (κ1) is 15.4. The van der Waals surface area contributed by atoms with E-state index in [1.165, 1.54) is 12.1 Å². The smallest absolute Gasteiger partial charge is 0.128 e. The highest BCUT2D eigenvalue weighted by Crippen LogP contribution is 2.21. The van der Waals surface area contributed by atoms with E-state index >= 15 is 0 Å². The number of methoxy groups -OCH3 is 1. The van der Waals surface area contributed by atoms with Gasteiger partial charge in [-0.2, -0.15) is 0 Å². The lowest BCUT2D eigenvalue weighted by molar-refractivity contribution is 0.413. The van der Waals surface area contributed by atoms with Crippen molar-refractivity contribution >= 4 is 0 Å². The van der Waals surface area contributed by atoms with E-state index in [-0.39, 0.29) is 17.7 Å². The molecule has 0 heterocycles. The quantitative estimate of drug-likeness (QED) is 0.894. The standard InChI is InChI=1S/C17H19F2NO/c1-11-7-17(19)15(9-16(11)18)12(2)20-10-13-5-4-6-14(8-13)21-3/h4-9,12,20H,10H2,1-3H3. The second-order valence-corrected chi connectivity index (χ2v) is 5.08. The molecule has 4 heteroatoms. The molecule has 0 saturated heterocycles. The highest BCUT2D eigenvalue weighted by Gasteiger charge is 2.13. The lowest BCUT2D eigenvalue weighted by Gasteiger charge is -2.16. The van der Waals surface area contributed by atoms with E-state index in [4.69, 9.17) is 4.74 Å². The van der Waals surface area contributed by atoms with Crippen LogP contribution in [0, 0.1) is 18.6 Å². The molecule has 2 aromatic rings. The number of halogens is 2. The molecule has 0 bridgehead atoms. The van der Waals surface area contributed by atoms with Crippen LogP contribution in [0.1, 0.15) is 29.7 Å². The Bertz CT molecular complexity index is 628. The summed E-state index contributed by atoms with van der Waals surface area (Å²) in [5.74, 6) is -0.00418. The summed E-state index contributed by atoms with van der Waals surface area (Å²) in [6.07, 6.45) is 0. The maximum atomic E-state index is 13.9. The first-order valence-corrected chi connectivity index (χ1v) is 6.83. The average Bonchev–Trinajstić information content (AvgIpc) is 2.48. The highest BCUT2D eigenvalue weighted by atomic mass is 19.1. The largest absolute Gasteiger partial charge is 0.497 e. The predicted molar refractivity (Wildman–Crippen MR) is 79.3 cm³/mol. The summed E-state index contributed by atoms with van der Waals surface area (Å²) in [7, 11) is 1.61. The fourth-order valence-electron chi connectivity index (χ4n) is 2.16. The van der Waals surface area contributed by atoms with Gasteiger partial charge in [0, 0.05) is 18.2 Å². The summed E-state index contributed by atoms with van der Waals surface area (Å²) in [6.45, 7) is 3.91. The molecule has 0 aliphatic rings. The minimum absolute atomic E-state index is 0.286. The molecular formula is C17H19F2NO. The van der Waals surface area contributed by atoms with Crippen molar-refractivity contribution in [2.45, 2.75) is 26.4 Å². The van der Waals surface area contributed by atoms with Gasteiger partial charge in [-0.1, -0.05) is 12.1 Å². The van der Waals surface area contributed by atoms with Gasteiger partial charge in [0.25, 0.3) is 0 Å². The van der Waals surface area contributed by atoms with Gasteiger partial charge in [-0.3, -0.25) is 0 Å². The zero-order chi connectivity index (χ0) is 15.4. The van der Waals surface area contributed by atoms with Crippen LogP contribution in [-0.4, -0.2) is 7.11 Å². The Labute approximate surface area is 123 Å². The molecular weight excluding hydrogens is 272 g/mol. The van der Waals surface area contributed by atoms with Crippen LogP contribution in [0.5, 0.6) is 5.75 Å². The third kappa shape index (κ3) is 3.79. The molecule has 0 aliphatic heterocycles. The second kappa shape index (κ2) is 6.68. The minimum Gasteiger partial charge on any atom is -0.497 e. The van der Waals surface area contributed by atoms with E-state index < -0.39 is 0 Å². The number of ether oxygens (including phenoxy) is 1. The van der Waals surface area contributed by atoms with E-state index in [0.717, 1.165) is 11.3 Å². The van der Waals surface area contributed by atoms with Gasteiger partial charge in [0.2, 0.25) is 0 Å². The fourth-order valence-corrected chi connectivity index (χ4v) is 2.16. The average molecular weight is 291 g/mol. The van der Waals surface area contributed by atoms with Crippen molar-refractivity contribution in [3.8, 4) is 5.75 Å². The zero-order valence-electron chi connectivity index (χ0n) is 12.4. The van der Waals surface area contributed by atoms with E-state index in [1.54, 1.807) is 14.0 Å². The minimum atomic E-state index is -0.389. The summed E-state index contributed by atoms with van der Waals surface area (Å²) >= 11 is 0. The van der Waals surface area contributed by atoms with Crippen LogP contribution in [0.15, 0.2) is 36.4 Å². The normalized spacial score (nSPS) is 12.2. The van der Waals surface area contributed by atoms with Crippen LogP contribution in [0.3, 0.4) is 0 Å². The van der Waals surface area contributed by atoms with Gasteiger partial charge >= 0.3 is 0 Å². The molecule has 0 spiro atoms. The van der Waals surface area contributed by atoms with Crippen LogP contribution in [-0.2, 0) is 6.54 Å². The van der Waals surface area contributed by atoms with Crippen LogP contribution < -0.4 is 10.1 Å². The summed E-state index contributed by atoms with van der Waals surface area (Å²) in [5.41, 5.74) is 1.67. The van der Waals surface area contributed by atoms with Gasteiger partial charge in [0.1, 0.15) is 17.4 Å². The Morgan fingerprint density at radius 2 is 1.90 bits per heavy atom. The van der Waals surface area contributed by atoms with Crippen LogP contribution >= 0.6 is 0 Å². The Balaban J connectivity index is 2.07. The Morgan fingerprint density at radius 3 is 2.62 bits per heavy atom. The maximum Gasteiger partial charge on any atom is 0.128 e. The lowest BCUT2D eigenvalue weighted by atomic mass is 10.0. The highest BCUT2D eigenvalue weighted by molar-refractivity contribution is 5.29. The van der Waals surface area contributed by atoms with E-state index in [2.05, 4.69) is 5.32 Å². The van der Waals surface area contributed by atoms with Gasteiger partial charge in [-0.05, 0) is 49.2 Å². The van der Waals surface area contributed by atoms with Crippen LogP contribution in [0.25, 0.3) is 0 Å². The summed E-state index contributed by atoms with van der Waals surface area (Å²) in [5, 5.41) is 3.19. The molecule has 0 saturated carbocycles. The predicted octanol–water partition coefficient (Wildman–Crippen LogP) is 4.13. The van der Waals surface area contributed by atoms with E-state index in [0.29, 0.717) is 17.7 Å². The van der Waals surface area contributed by atoms with Crippen molar-refractivity contribution in [2.24, 2.45) is 0 Å². The third-order valence-corrected chi connectivity index (χ3v) is 3.49. The topological polar surface area (TPSA) is 21.3 Å². The molecule has 1 unspecified atom stereocenters. The molecule has 1 atom stereocenters. The van der Waals surface area contributed by atoms with E-state index in [9.17, 15) is 8.78 Å². The molecule has 2 nitrogen and oxygen atoms in total. The van der Waals surface area contributed by atoms with Gasteiger partial charge in [0.15, 0.2) is 0 Å². The number of nitrogens with one attached hydrogen (secondary N) is 1. The number of rotatable bonds is 5. The summed E-state index contributed by atoms with van der Waals surface area (Å²) in [6, 6.07) is 9.82. The third-order valence-electron chi connectivity index (χ3n) is 3.49. The molecule has 0 fully saturated rings. The first-order valence-electron chi connectivity index (χ1n) is 6.83. The Hall–Kier alpha value is -1.94. The van der Waals surface area contributed by atoms with Gasteiger partial charge in [-0.25, -0.2) is 8.78 Å². The monoisotopic (exact) mass is 291 g/mol. The fraction of sp³-hybridized carbons (Fsp3) is 0.294. The SMILES string of the molecule is COc1cccc(CNC(C)c2cc(F)c(C)cc2F)c1. The van der Waals surface area contributed by atoms with Crippen molar-refractivity contribution in [3.63, 3.8) is 0 Å². The molecule has 2 rings (SSSR count). The Morgan fingerprint density at radius 1 is 1.14 bits per heavy atom. The van der Waals surface area contributed by atoms with Crippen molar-refractivity contribution in [2.75, 3.05) is 7.11 Å². The van der Waals surface area contributed by atoms with Gasteiger partial charge in [-0.15, -0.1) is 0 Å². The molecule has 21 heavy (non-hydrogen) atoms. The van der Waals surface area contributed by atoms with Crippen molar-refractivity contribution in [3.05, 3.63) is 64.7 Å². The number of hydrogen-bond acceptors (Lipinski definition) is 2. The number of hydrogen-bond donors (Lipinski definition) is 1. The number of aryl methyl sites for hydroxylation is 1. The van der Waals surface area contributed by atoms with Crippen molar-refractivity contribution in [1.29, 1.82) is 0 Å². The molecule has 112 valence electrons. The molecule has 2 aromatic carbocycles. The van der Waals surface area contributed by atoms with Gasteiger partial charge < -0.3 is 10.1 Å². The molecule has 1 N–H and O–H groups in total. The lowest BCUT2D eigenvalue weighted by Crippen LogP contribution is -2.19. The first-order chi connectivity index (χ1) is 10.0. The van der Waals surface area contributed by atoms with Crippen molar-refractivity contribution in [1.82, 2.24) is 5.32 Å². The molecule has 0 amide bonds. The summed E-state index contributed by atoms with van der Waals surface area (Å²) < 4.78 is 32.6. The van der Waals surface area contributed by atoms with Crippen LogP contribution in [0.2, 0.25) is 0 Å². The Kier molecular flexibility index (Phi) is 4.91.